The van der Waals surface area contributed by atoms with Gasteiger partial charge < -0.3 is 30.3 Å². The number of carbonyl (C=O) groups is 3. The highest BCUT2D eigenvalue weighted by atomic mass is 16.5. The Morgan fingerprint density at radius 2 is 1.82 bits per heavy atom. The Morgan fingerprint density at radius 1 is 1.18 bits per heavy atom. The van der Waals surface area contributed by atoms with Gasteiger partial charge in [0.2, 0.25) is 0 Å². The molecule has 4 N–H and O–H groups in total. The van der Waals surface area contributed by atoms with E-state index in [1.165, 1.54) is 6.07 Å². The maximum atomic E-state index is 13.2. The van der Waals surface area contributed by atoms with Crippen molar-refractivity contribution < 1.29 is 34.4 Å². The van der Waals surface area contributed by atoms with Crippen LogP contribution in [-0.4, -0.2) is 68.5 Å². The molecule has 2 aromatic carbocycles. The molecule has 0 radical (unpaired) electrons. The molecule has 0 saturated carbocycles. The van der Waals surface area contributed by atoms with Crippen LogP contribution >= 0.6 is 0 Å². The molecule has 1 aliphatic heterocycles. The molecule has 0 spiro atoms. The van der Waals surface area contributed by atoms with Gasteiger partial charge >= 0.3 is 5.97 Å². The maximum absolute atomic E-state index is 13.2. The van der Waals surface area contributed by atoms with E-state index in [2.05, 4.69) is 5.32 Å². The molecule has 2 amide bonds. The largest absolute Gasteiger partial charge is 0.508 e. The number of phenolic OH excluding ortho intramolecular Hbond substituents is 1. The van der Waals surface area contributed by atoms with Crippen LogP contribution in [0.4, 0.5) is 0 Å². The topological polar surface area (TPSA) is 136 Å². The number of phenols is 1. The summed E-state index contributed by atoms with van der Waals surface area (Å²) >= 11 is 0. The lowest BCUT2D eigenvalue weighted by atomic mass is 9.96. The van der Waals surface area contributed by atoms with E-state index in [9.17, 15) is 29.7 Å². The highest BCUT2D eigenvalue weighted by Crippen LogP contribution is 2.29. The lowest BCUT2D eigenvalue weighted by molar-refractivity contribution is -0.154. The Hall–Kier alpha value is -3.43. The average Bonchev–Trinajstić information content (AvgIpc) is 3.10. The Bertz CT molecular complexity index is 1080. The number of carboxylic acid groups (broad SMARTS) is 1. The second kappa shape index (κ2) is 9.82. The molecule has 9 heteroatoms. The number of aliphatic carboxylic acids is 1. The number of nitrogens with zero attached hydrogens (tertiary/aromatic N) is 1. The third-order valence-corrected chi connectivity index (χ3v) is 6.08. The van der Waals surface area contributed by atoms with Crippen molar-refractivity contribution in [2.24, 2.45) is 0 Å². The number of rotatable bonds is 7. The van der Waals surface area contributed by atoms with Crippen molar-refractivity contribution >= 4 is 17.8 Å². The van der Waals surface area contributed by atoms with Crippen LogP contribution in [0.1, 0.15) is 40.9 Å². The molecule has 0 aromatic heterocycles. The predicted molar refractivity (Wildman–Crippen MR) is 123 cm³/mol. The molecule has 182 valence electrons. The van der Waals surface area contributed by atoms with Crippen molar-refractivity contribution in [3.05, 3.63) is 64.7 Å². The van der Waals surface area contributed by atoms with Crippen LogP contribution in [0.5, 0.6) is 5.75 Å². The smallest absolute Gasteiger partial charge is 0.329 e. The number of aromatic hydroxyl groups is 1. The fourth-order valence-electron chi connectivity index (χ4n) is 4.16. The summed E-state index contributed by atoms with van der Waals surface area (Å²) in [5.74, 6) is -2.72. The second-order valence-corrected chi connectivity index (χ2v) is 9.10. The first-order valence-corrected chi connectivity index (χ1v) is 10.9. The third kappa shape index (κ3) is 5.21. The first kappa shape index (κ1) is 25.2. The minimum atomic E-state index is -1.73. The Kier molecular flexibility index (Phi) is 7.28. The summed E-state index contributed by atoms with van der Waals surface area (Å²) in [5, 5.41) is 33.5. The maximum Gasteiger partial charge on any atom is 0.329 e. The van der Waals surface area contributed by atoms with Gasteiger partial charge in [0.15, 0.2) is 12.1 Å². The molecular formula is C25H30N2O7. The zero-order valence-corrected chi connectivity index (χ0v) is 19.6. The number of aryl methyl sites for hydroxylation is 1. The summed E-state index contributed by atoms with van der Waals surface area (Å²) in [4.78, 5) is 39.1. The predicted octanol–water partition coefficient (Wildman–Crippen LogP) is 1.76. The van der Waals surface area contributed by atoms with E-state index >= 15 is 0 Å². The van der Waals surface area contributed by atoms with Gasteiger partial charge in [-0.05, 0) is 57.4 Å². The zero-order valence-electron chi connectivity index (χ0n) is 19.6. The van der Waals surface area contributed by atoms with Crippen LogP contribution in [-0.2, 0) is 20.7 Å². The fraction of sp³-hybridized carbons (Fsp3) is 0.400. The molecule has 3 rings (SSSR count). The van der Waals surface area contributed by atoms with E-state index in [0.717, 1.165) is 10.5 Å². The average molecular weight is 471 g/mol. The summed E-state index contributed by atoms with van der Waals surface area (Å²) in [6.45, 7) is 6.15. The lowest BCUT2D eigenvalue weighted by Crippen LogP contribution is -2.57. The molecule has 0 aliphatic carbocycles. The van der Waals surface area contributed by atoms with Crippen molar-refractivity contribution in [3.8, 4) is 5.75 Å². The molecule has 3 atom stereocenters. The number of aliphatic hydroxyl groups excluding tert-OH is 1. The van der Waals surface area contributed by atoms with Crippen LogP contribution in [0.15, 0.2) is 42.5 Å². The molecule has 34 heavy (non-hydrogen) atoms. The van der Waals surface area contributed by atoms with Gasteiger partial charge in [-0.15, -0.1) is 0 Å². The monoisotopic (exact) mass is 470 g/mol. The van der Waals surface area contributed by atoms with Gasteiger partial charge in [0.05, 0.1) is 11.6 Å². The third-order valence-electron chi connectivity index (χ3n) is 6.08. The van der Waals surface area contributed by atoms with Crippen molar-refractivity contribution in [2.45, 2.75) is 57.9 Å². The number of hydrogen-bond donors (Lipinski definition) is 4. The number of hydrogen-bond acceptors (Lipinski definition) is 6. The molecule has 9 nitrogen and oxygen atoms in total. The number of carbonyl (C=O) groups excluding carboxylic acids is 2. The summed E-state index contributed by atoms with van der Waals surface area (Å²) < 4.78 is 5.49. The Balaban J connectivity index is 1.90. The molecule has 1 saturated heterocycles. The quantitative estimate of drug-likeness (QED) is 0.484. The standard InChI is InChI=1S/C25H30N2O7/c1-14-10-17(15(2)19(28)11-14)22(30)26-18(12-16-8-6-5-7-9-16)20(29)23(31)27-13-34-25(3,4)21(27)24(32)33/h5-11,18,20-21,28-29H,12-13H2,1-4H3,(H,26,30)(H,32,33)/t18-,20-,21?/m0/s1. The molecule has 1 heterocycles. The summed E-state index contributed by atoms with van der Waals surface area (Å²) in [7, 11) is 0. The molecule has 1 aliphatic rings. The van der Waals surface area contributed by atoms with Gasteiger partial charge in [0, 0.05) is 11.1 Å². The van der Waals surface area contributed by atoms with Crippen LogP contribution in [0.2, 0.25) is 0 Å². The number of aliphatic hydroxyl groups is 1. The number of ether oxygens (including phenoxy) is 1. The molecule has 2 aromatic rings. The van der Waals surface area contributed by atoms with E-state index < -0.39 is 41.6 Å². The zero-order chi connectivity index (χ0) is 25.2. The SMILES string of the molecule is Cc1cc(O)c(C)c(C(=O)N[C@@H](Cc2ccccc2)[C@H](O)C(=O)N2COC(C)(C)C2C(=O)O)c1. The van der Waals surface area contributed by atoms with E-state index in [0.29, 0.717) is 11.1 Å². The molecule has 0 bridgehead atoms. The van der Waals surface area contributed by atoms with E-state index in [1.54, 1.807) is 58.0 Å². The summed E-state index contributed by atoms with van der Waals surface area (Å²) in [6, 6.07) is 9.78. The van der Waals surface area contributed by atoms with Gasteiger partial charge in [0.25, 0.3) is 11.8 Å². The van der Waals surface area contributed by atoms with Crippen LogP contribution in [0.3, 0.4) is 0 Å². The van der Waals surface area contributed by atoms with Crippen molar-refractivity contribution in [1.29, 1.82) is 0 Å². The minimum Gasteiger partial charge on any atom is -0.508 e. The van der Waals surface area contributed by atoms with Crippen molar-refractivity contribution in [2.75, 3.05) is 6.73 Å². The fourth-order valence-corrected chi connectivity index (χ4v) is 4.16. The van der Waals surface area contributed by atoms with Gasteiger partial charge in [-0.1, -0.05) is 30.3 Å². The van der Waals surface area contributed by atoms with E-state index in [4.69, 9.17) is 4.74 Å². The van der Waals surface area contributed by atoms with E-state index in [1.807, 2.05) is 6.07 Å². The van der Waals surface area contributed by atoms with Crippen LogP contribution in [0.25, 0.3) is 0 Å². The lowest BCUT2D eigenvalue weighted by Gasteiger charge is -2.30. The molecule has 1 unspecified atom stereocenters. The number of amides is 2. The van der Waals surface area contributed by atoms with Gasteiger partial charge in [-0.2, -0.15) is 0 Å². The van der Waals surface area contributed by atoms with Gasteiger partial charge in [-0.25, -0.2) is 4.79 Å². The second-order valence-electron chi connectivity index (χ2n) is 9.10. The highest BCUT2D eigenvalue weighted by Gasteiger charge is 2.50. The van der Waals surface area contributed by atoms with Gasteiger partial charge in [0.1, 0.15) is 12.5 Å². The van der Waals surface area contributed by atoms with Crippen molar-refractivity contribution in [3.63, 3.8) is 0 Å². The summed E-state index contributed by atoms with van der Waals surface area (Å²) in [6.07, 6.45) is -1.62. The Labute approximate surface area is 198 Å². The van der Waals surface area contributed by atoms with Crippen molar-refractivity contribution in [1.82, 2.24) is 10.2 Å². The van der Waals surface area contributed by atoms with Crippen LogP contribution < -0.4 is 5.32 Å². The highest BCUT2D eigenvalue weighted by molar-refractivity contribution is 5.97. The Morgan fingerprint density at radius 3 is 2.44 bits per heavy atom. The molecule has 1 fully saturated rings. The number of nitrogens with one attached hydrogen (secondary N) is 1. The summed E-state index contributed by atoms with van der Waals surface area (Å²) in [5.41, 5.74) is 0.865. The minimum absolute atomic E-state index is 0.0397. The van der Waals surface area contributed by atoms with Crippen LogP contribution in [0, 0.1) is 13.8 Å². The first-order valence-electron chi connectivity index (χ1n) is 10.9. The number of carboxylic acids is 1. The van der Waals surface area contributed by atoms with E-state index in [-0.39, 0.29) is 24.5 Å². The molecular weight excluding hydrogens is 440 g/mol. The first-order chi connectivity index (χ1) is 15.9. The van der Waals surface area contributed by atoms with Gasteiger partial charge in [-0.3, -0.25) is 9.59 Å². The normalized spacial score (nSPS) is 18.9. The number of benzene rings is 2.